The van der Waals surface area contributed by atoms with E-state index in [2.05, 4.69) is 26.6 Å². The van der Waals surface area contributed by atoms with Gasteiger partial charge in [-0.1, -0.05) is 13.0 Å². The molecular weight excluding hydrogens is 336 g/mol. The second-order valence-electron chi connectivity index (χ2n) is 4.88. The SMILES string of the molecule is CCCNC(=O)CNCC(O)COc1ccc(C)cc1Br. The van der Waals surface area contributed by atoms with Gasteiger partial charge in [0.1, 0.15) is 18.5 Å². The average molecular weight is 359 g/mol. The van der Waals surface area contributed by atoms with Crippen LogP contribution in [0.3, 0.4) is 0 Å². The van der Waals surface area contributed by atoms with Crippen molar-refractivity contribution in [2.75, 3.05) is 26.2 Å². The highest BCUT2D eigenvalue weighted by Crippen LogP contribution is 2.25. The number of carbonyl (C=O) groups excluding carboxylic acids is 1. The molecule has 0 fully saturated rings. The molecule has 0 spiro atoms. The number of halogens is 1. The first-order valence-corrected chi connectivity index (χ1v) is 7.86. The Morgan fingerprint density at radius 1 is 1.48 bits per heavy atom. The third-order valence-electron chi connectivity index (χ3n) is 2.76. The minimum Gasteiger partial charge on any atom is -0.490 e. The number of ether oxygens (including phenoxy) is 1. The van der Waals surface area contributed by atoms with Crippen molar-refractivity contribution in [3.8, 4) is 5.75 Å². The number of nitrogens with one attached hydrogen (secondary N) is 2. The Balaban J connectivity index is 2.22. The summed E-state index contributed by atoms with van der Waals surface area (Å²) in [5, 5.41) is 15.5. The quantitative estimate of drug-likeness (QED) is 0.627. The van der Waals surface area contributed by atoms with Crippen LogP contribution in [0, 0.1) is 6.92 Å². The third kappa shape index (κ3) is 7.45. The fourth-order valence-electron chi connectivity index (χ4n) is 1.65. The van der Waals surface area contributed by atoms with E-state index in [4.69, 9.17) is 4.74 Å². The summed E-state index contributed by atoms with van der Waals surface area (Å²) in [7, 11) is 0. The van der Waals surface area contributed by atoms with Crippen LogP contribution in [0.25, 0.3) is 0 Å². The lowest BCUT2D eigenvalue weighted by Crippen LogP contribution is -2.39. The molecule has 0 aliphatic heterocycles. The van der Waals surface area contributed by atoms with Gasteiger partial charge in [0.15, 0.2) is 0 Å². The summed E-state index contributed by atoms with van der Waals surface area (Å²) in [5.74, 6) is 0.631. The molecule has 0 aliphatic rings. The maximum Gasteiger partial charge on any atom is 0.233 e. The van der Waals surface area contributed by atoms with Crippen molar-refractivity contribution >= 4 is 21.8 Å². The van der Waals surface area contributed by atoms with Crippen molar-refractivity contribution in [2.24, 2.45) is 0 Å². The first-order valence-electron chi connectivity index (χ1n) is 7.07. The highest BCUT2D eigenvalue weighted by Gasteiger charge is 2.08. The van der Waals surface area contributed by atoms with Gasteiger partial charge in [-0.2, -0.15) is 0 Å². The van der Waals surface area contributed by atoms with Gasteiger partial charge in [-0.25, -0.2) is 0 Å². The van der Waals surface area contributed by atoms with Crippen molar-refractivity contribution in [3.63, 3.8) is 0 Å². The van der Waals surface area contributed by atoms with Gasteiger partial charge in [0.2, 0.25) is 5.91 Å². The molecule has 6 heteroatoms. The number of amides is 1. The van der Waals surface area contributed by atoms with Crippen LogP contribution in [-0.2, 0) is 4.79 Å². The van der Waals surface area contributed by atoms with Crippen LogP contribution in [0.15, 0.2) is 22.7 Å². The number of hydrogen-bond acceptors (Lipinski definition) is 4. The lowest BCUT2D eigenvalue weighted by Gasteiger charge is -2.14. The molecule has 21 heavy (non-hydrogen) atoms. The minimum atomic E-state index is -0.669. The Labute approximate surface area is 134 Å². The number of aryl methyl sites for hydroxylation is 1. The van der Waals surface area contributed by atoms with Crippen LogP contribution in [0.5, 0.6) is 5.75 Å². The summed E-state index contributed by atoms with van der Waals surface area (Å²) in [6.45, 7) is 5.35. The standard InChI is InChI=1S/C15H23BrN2O3/c1-3-6-18-15(20)9-17-8-12(19)10-21-14-5-4-11(2)7-13(14)16/h4-5,7,12,17,19H,3,6,8-10H2,1-2H3,(H,18,20). The van der Waals surface area contributed by atoms with Crippen molar-refractivity contribution in [2.45, 2.75) is 26.4 Å². The Bertz CT molecular complexity index is 455. The van der Waals surface area contributed by atoms with Gasteiger partial charge in [-0.05, 0) is 47.0 Å². The first kappa shape index (κ1) is 17.9. The van der Waals surface area contributed by atoms with Crippen LogP contribution < -0.4 is 15.4 Å². The molecule has 5 nitrogen and oxygen atoms in total. The molecule has 1 amide bonds. The van der Waals surface area contributed by atoms with Crippen LogP contribution >= 0.6 is 15.9 Å². The zero-order valence-electron chi connectivity index (χ0n) is 12.5. The Hall–Kier alpha value is -1.11. The highest BCUT2D eigenvalue weighted by atomic mass is 79.9. The van der Waals surface area contributed by atoms with Gasteiger partial charge in [0.05, 0.1) is 11.0 Å². The monoisotopic (exact) mass is 358 g/mol. The van der Waals surface area contributed by atoms with Crippen LogP contribution in [-0.4, -0.2) is 43.4 Å². The van der Waals surface area contributed by atoms with E-state index >= 15 is 0 Å². The third-order valence-corrected chi connectivity index (χ3v) is 3.38. The molecule has 1 rings (SSSR count). The molecule has 0 saturated heterocycles. The summed E-state index contributed by atoms with van der Waals surface area (Å²) in [5.41, 5.74) is 1.13. The number of aliphatic hydroxyl groups is 1. The van der Waals surface area contributed by atoms with Gasteiger partial charge < -0.3 is 20.5 Å². The van der Waals surface area contributed by atoms with Gasteiger partial charge in [0.25, 0.3) is 0 Å². The Kier molecular flexibility index (Phi) is 8.34. The van der Waals surface area contributed by atoms with Crippen LogP contribution in [0.1, 0.15) is 18.9 Å². The maximum absolute atomic E-state index is 11.3. The lowest BCUT2D eigenvalue weighted by atomic mass is 10.2. The van der Waals surface area contributed by atoms with E-state index in [1.54, 1.807) is 0 Å². The zero-order chi connectivity index (χ0) is 15.7. The molecule has 1 aromatic carbocycles. The van der Waals surface area contributed by atoms with E-state index < -0.39 is 6.10 Å². The summed E-state index contributed by atoms with van der Waals surface area (Å²) >= 11 is 3.42. The molecule has 3 N–H and O–H groups in total. The molecule has 0 heterocycles. The van der Waals surface area contributed by atoms with Gasteiger partial charge in [0, 0.05) is 13.1 Å². The molecule has 0 aromatic heterocycles. The van der Waals surface area contributed by atoms with Gasteiger partial charge in [-0.3, -0.25) is 4.79 Å². The average Bonchev–Trinajstić information content (AvgIpc) is 2.44. The van der Waals surface area contributed by atoms with Crippen molar-refractivity contribution < 1.29 is 14.6 Å². The zero-order valence-corrected chi connectivity index (χ0v) is 14.1. The first-order chi connectivity index (χ1) is 10.0. The van der Waals surface area contributed by atoms with Crippen molar-refractivity contribution in [1.82, 2.24) is 10.6 Å². The van der Waals surface area contributed by atoms with Crippen molar-refractivity contribution in [1.29, 1.82) is 0 Å². The molecule has 1 atom stereocenters. The Morgan fingerprint density at radius 3 is 2.90 bits per heavy atom. The second-order valence-corrected chi connectivity index (χ2v) is 5.73. The molecular formula is C15H23BrN2O3. The number of carbonyl (C=O) groups is 1. The summed E-state index contributed by atoms with van der Waals surface area (Å²) in [6.07, 6.45) is 0.241. The van der Waals surface area contributed by atoms with Crippen LogP contribution in [0.4, 0.5) is 0 Å². The Morgan fingerprint density at radius 2 is 2.24 bits per heavy atom. The molecule has 1 aromatic rings. The number of hydrogen-bond donors (Lipinski definition) is 3. The maximum atomic E-state index is 11.3. The fraction of sp³-hybridized carbons (Fsp3) is 0.533. The highest BCUT2D eigenvalue weighted by molar-refractivity contribution is 9.10. The van der Waals surface area contributed by atoms with Gasteiger partial charge in [-0.15, -0.1) is 0 Å². The van der Waals surface area contributed by atoms with E-state index in [-0.39, 0.29) is 19.1 Å². The number of aliphatic hydroxyl groups excluding tert-OH is 1. The molecule has 0 saturated carbocycles. The normalized spacial score (nSPS) is 12.0. The lowest BCUT2D eigenvalue weighted by molar-refractivity contribution is -0.120. The van der Waals surface area contributed by atoms with E-state index in [1.165, 1.54) is 0 Å². The predicted molar refractivity (Wildman–Crippen MR) is 86.6 cm³/mol. The predicted octanol–water partition coefficient (Wildman–Crippen LogP) is 1.61. The van der Waals surface area contributed by atoms with E-state index in [0.29, 0.717) is 18.8 Å². The van der Waals surface area contributed by atoms with Gasteiger partial charge >= 0.3 is 0 Å². The summed E-state index contributed by atoms with van der Waals surface area (Å²) in [4.78, 5) is 11.3. The molecule has 0 bridgehead atoms. The van der Waals surface area contributed by atoms with E-state index in [9.17, 15) is 9.90 Å². The van der Waals surface area contributed by atoms with E-state index in [0.717, 1.165) is 16.5 Å². The largest absolute Gasteiger partial charge is 0.490 e. The fourth-order valence-corrected chi connectivity index (χ4v) is 2.25. The van der Waals surface area contributed by atoms with E-state index in [1.807, 2.05) is 32.0 Å². The van der Waals surface area contributed by atoms with Crippen LogP contribution in [0.2, 0.25) is 0 Å². The summed E-state index contributed by atoms with van der Waals surface area (Å²) < 4.78 is 6.40. The molecule has 0 radical (unpaired) electrons. The molecule has 1 unspecified atom stereocenters. The smallest absolute Gasteiger partial charge is 0.233 e. The summed E-state index contributed by atoms with van der Waals surface area (Å²) in [6, 6.07) is 5.76. The minimum absolute atomic E-state index is 0.0637. The molecule has 118 valence electrons. The number of benzene rings is 1. The molecule has 0 aliphatic carbocycles. The topological polar surface area (TPSA) is 70.6 Å². The second kappa shape index (κ2) is 9.76. The number of rotatable bonds is 9. The van der Waals surface area contributed by atoms with Crippen molar-refractivity contribution in [3.05, 3.63) is 28.2 Å².